The van der Waals surface area contributed by atoms with Crippen molar-refractivity contribution in [2.75, 3.05) is 0 Å². The first-order chi connectivity index (χ1) is 9.99. The average molecular weight is 312 g/mol. The molecule has 8 heteroatoms. The Hall–Kier alpha value is -1.96. The van der Waals surface area contributed by atoms with Crippen LogP contribution in [0.4, 0.5) is 13.2 Å². The molecule has 0 saturated heterocycles. The number of aryl methyl sites for hydroxylation is 1. The van der Waals surface area contributed by atoms with Gasteiger partial charge >= 0.3 is 6.18 Å². The van der Waals surface area contributed by atoms with Crippen LogP contribution < -0.4 is 0 Å². The Labute approximate surface area is 122 Å². The molecular formula is C13H11F3N4S. The van der Waals surface area contributed by atoms with Crippen molar-refractivity contribution in [3.8, 4) is 10.7 Å². The molecule has 0 aliphatic heterocycles. The first-order valence-electron chi connectivity index (χ1n) is 6.37. The number of aromatic amines is 1. The number of alkyl halides is 3. The highest BCUT2D eigenvalue weighted by Gasteiger charge is 2.30. The van der Waals surface area contributed by atoms with Crippen molar-refractivity contribution in [3.63, 3.8) is 0 Å². The normalized spacial score (nSPS) is 12.2. The van der Waals surface area contributed by atoms with Gasteiger partial charge in [-0.05, 0) is 36.2 Å². The molecule has 0 aliphatic carbocycles. The standard InChI is InChI=1S/C13H11F3N4S/c1-2-3-9-11(21-20-19-9)12-17-8-5-4-7(13(14,15)16)6-10(8)18-12/h4-6H,2-3H2,1H3,(H,17,18). The molecule has 0 saturated carbocycles. The monoisotopic (exact) mass is 312 g/mol. The summed E-state index contributed by atoms with van der Waals surface area (Å²) in [4.78, 5) is 8.04. The minimum Gasteiger partial charge on any atom is -0.337 e. The number of hydrogen-bond donors (Lipinski definition) is 1. The number of nitrogens with zero attached hydrogens (tertiary/aromatic N) is 3. The molecule has 1 aromatic carbocycles. The van der Waals surface area contributed by atoms with Gasteiger partial charge in [-0.3, -0.25) is 0 Å². The predicted octanol–water partition coefficient (Wildman–Crippen LogP) is 4.05. The van der Waals surface area contributed by atoms with Crippen molar-refractivity contribution in [2.24, 2.45) is 0 Å². The number of halogens is 3. The van der Waals surface area contributed by atoms with Crippen LogP contribution in [-0.2, 0) is 12.6 Å². The lowest BCUT2D eigenvalue weighted by molar-refractivity contribution is -0.137. The number of rotatable bonds is 3. The van der Waals surface area contributed by atoms with Gasteiger partial charge in [0.2, 0.25) is 0 Å². The molecule has 3 rings (SSSR count). The number of aromatic nitrogens is 4. The zero-order valence-corrected chi connectivity index (χ0v) is 11.8. The maximum absolute atomic E-state index is 12.7. The van der Waals surface area contributed by atoms with Gasteiger partial charge in [0.1, 0.15) is 4.88 Å². The Balaban J connectivity index is 2.07. The van der Waals surface area contributed by atoms with E-state index in [0.717, 1.165) is 35.5 Å². The largest absolute Gasteiger partial charge is 0.416 e. The maximum atomic E-state index is 12.7. The summed E-state index contributed by atoms with van der Waals surface area (Å²) in [6.45, 7) is 2.03. The second-order valence-electron chi connectivity index (χ2n) is 4.61. The van der Waals surface area contributed by atoms with Crippen LogP contribution in [0.1, 0.15) is 24.6 Å². The number of H-pyrrole nitrogens is 1. The second-order valence-corrected chi connectivity index (χ2v) is 5.37. The third kappa shape index (κ3) is 2.63. The molecule has 0 spiro atoms. The molecule has 1 N–H and O–H groups in total. The molecule has 0 unspecified atom stereocenters. The summed E-state index contributed by atoms with van der Waals surface area (Å²) in [5.41, 5.74) is 0.975. The van der Waals surface area contributed by atoms with E-state index in [1.54, 1.807) is 0 Å². The Kier molecular flexibility index (Phi) is 3.40. The van der Waals surface area contributed by atoms with Gasteiger partial charge in [0.05, 0.1) is 22.3 Å². The van der Waals surface area contributed by atoms with Gasteiger partial charge in [0.15, 0.2) is 5.82 Å². The van der Waals surface area contributed by atoms with Gasteiger partial charge in [-0.25, -0.2) is 4.98 Å². The zero-order valence-electron chi connectivity index (χ0n) is 11.0. The Morgan fingerprint density at radius 2 is 2.10 bits per heavy atom. The molecule has 2 heterocycles. The smallest absolute Gasteiger partial charge is 0.337 e. The SMILES string of the molecule is CCCc1nnsc1-c1nc2ccc(C(F)(F)F)cc2[nH]1. The third-order valence-electron chi connectivity index (χ3n) is 3.07. The van der Waals surface area contributed by atoms with Crippen molar-refractivity contribution < 1.29 is 13.2 Å². The Morgan fingerprint density at radius 1 is 1.29 bits per heavy atom. The van der Waals surface area contributed by atoms with Gasteiger partial charge in [0.25, 0.3) is 0 Å². The van der Waals surface area contributed by atoms with E-state index in [0.29, 0.717) is 16.9 Å². The van der Waals surface area contributed by atoms with Crippen LogP contribution in [0.3, 0.4) is 0 Å². The first kappa shape index (κ1) is 14.0. The Morgan fingerprint density at radius 3 is 2.81 bits per heavy atom. The summed E-state index contributed by atoms with van der Waals surface area (Å²) >= 11 is 1.19. The summed E-state index contributed by atoms with van der Waals surface area (Å²) < 4.78 is 42.0. The van der Waals surface area contributed by atoms with Crippen LogP contribution in [0.25, 0.3) is 21.7 Å². The lowest BCUT2D eigenvalue weighted by Crippen LogP contribution is -2.04. The number of fused-ring (bicyclic) bond motifs is 1. The molecule has 0 radical (unpaired) electrons. The van der Waals surface area contributed by atoms with Crippen LogP contribution in [-0.4, -0.2) is 19.6 Å². The summed E-state index contributed by atoms with van der Waals surface area (Å²) in [7, 11) is 0. The van der Waals surface area contributed by atoms with Gasteiger partial charge in [-0.15, -0.1) is 5.10 Å². The molecule has 0 aliphatic rings. The molecule has 0 atom stereocenters. The molecule has 3 aromatic rings. The van der Waals surface area contributed by atoms with Crippen LogP contribution in [0.15, 0.2) is 18.2 Å². The molecule has 2 aromatic heterocycles. The van der Waals surface area contributed by atoms with Gasteiger partial charge in [-0.2, -0.15) is 13.2 Å². The van der Waals surface area contributed by atoms with Crippen molar-refractivity contribution >= 4 is 22.6 Å². The van der Waals surface area contributed by atoms with E-state index in [1.165, 1.54) is 17.6 Å². The van der Waals surface area contributed by atoms with Crippen LogP contribution >= 0.6 is 11.5 Å². The zero-order chi connectivity index (χ0) is 15.0. The van der Waals surface area contributed by atoms with Crippen molar-refractivity contribution in [2.45, 2.75) is 25.9 Å². The fourth-order valence-corrected chi connectivity index (χ4v) is 2.73. The molecule has 4 nitrogen and oxygen atoms in total. The van der Waals surface area contributed by atoms with E-state index < -0.39 is 11.7 Å². The van der Waals surface area contributed by atoms with Gasteiger partial charge in [-0.1, -0.05) is 17.8 Å². The molecule has 0 bridgehead atoms. The Bertz CT molecular complexity index is 775. The minimum absolute atomic E-state index is 0.357. The topological polar surface area (TPSA) is 54.5 Å². The van der Waals surface area contributed by atoms with E-state index in [2.05, 4.69) is 19.6 Å². The summed E-state index contributed by atoms with van der Waals surface area (Å²) in [5, 5.41) is 4.04. The molecular weight excluding hydrogens is 301 g/mol. The number of hydrogen-bond acceptors (Lipinski definition) is 4. The van der Waals surface area contributed by atoms with E-state index in [1.807, 2.05) is 6.92 Å². The molecule has 110 valence electrons. The predicted molar refractivity (Wildman–Crippen MR) is 74.0 cm³/mol. The number of benzene rings is 1. The highest BCUT2D eigenvalue weighted by atomic mass is 32.1. The van der Waals surface area contributed by atoms with Crippen molar-refractivity contribution in [1.82, 2.24) is 19.6 Å². The van der Waals surface area contributed by atoms with E-state index in [4.69, 9.17) is 0 Å². The van der Waals surface area contributed by atoms with Crippen LogP contribution in [0.5, 0.6) is 0 Å². The van der Waals surface area contributed by atoms with Gasteiger partial charge < -0.3 is 4.98 Å². The molecule has 0 amide bonds. The van der Waals surface area contributed by atoms with Gasteiger partial charge in [0, 0.05) is 0 Å². The number of nitrogens with one attached hydrogen (secondary N) is 1. The fraction of sp³-hybridized carbons (Fsp3) is 0.308. The minimum atomic E-state index is -4.36. The highest BCUT2D eigenvalue weighted by molar-refractivity contribution is 7.09. The van der Waals surface area contributed by atoms with Crippen LogP contribution in [0, 0.1) is 0 Å². The summed E-state index contributed by atoms with van der Waals surface area (Å²) in [6.07, 6.45) is -2.69. The lowest BCUT2D eigenvalue weighted by atomic mass is 10.2. The average Bonchev–Trinajstić information content (AvgIpc) is 3.02. The molecule has 21 heavy (non-hydrogen) atoms. The third-order valence-corrected chi connectivity index (χ3v) is 3.84. The molecule has 0 fully saturated rings. The quantitative estimate of drug-likeness (QED) is 0.793. The maximum Gasteiger partial charge on any atom is 0.416 e. The van der Waals surface area contributed by atoms with Crippen LogP contribution in [0.2, 0.25) is 0 Å². The summed E-state index contributed by atoms with van der Waals surface area (Å²) in [6, 6.07) is 3.47. The fourth-order valence-electron chi connectivity index (χ4n) is 2.08. The lowest BCUT2D eigenvalue weighted by Gasteiger charge is -2.05. The van der Waals surface area contributed by atoms with E-state index in [-0.39, 0.29) is 0 Å². The van der Waals surface area contributed by atoms with E-state index >= 15 is 0 Å². The summed E-state index contributed by atoms with van der Waals surface area (Å²) in [5.74, 6) is 0.516. The number of imidazole rings is 1. The van der Waals surface area contributed by atoms with Crippen molar-refractivity contribution in [1.29, 1.82) is 0 Å². The highest BCUT2D eigenvalue weighted by Crippen LogP contribution is 2.32. The first-order valence-corrected chi connectivity index (χ1v) is 7.15. The second kappa shape index (κ2) is 5.10. The van der Waals surface area contributed by atoms with Crippen molar-refractivity contribution in [3.05, 3.63) is 29.5 Å². The van der Waals surface area contributed by atoms with E-state index in [9.17, 15) is 13.2 Å².